The maximum absolute atomic E-state index is 11.9. The van der Waals surface area contributed by atoms with E-state index < -0.39 is 23.2 Å². The van der Waals surface area contributed by atoms with Gasteiger partial charge < -0.3 is 30.7 Å². The standard InChI is InChI=1S/C19H22N2O6/c1-2-12-5-3-4-6-16(12)27-11-17(24)20-7-8-21-19(26)13-9-14(22)18(25)15(23)10-13/h3-6,9-10,22-23,25H,2,7-8,11H2,1H3,(H,20,24)(H,21,26). The van der Waals surface area contributed by atoms with Gasteiger partial charge in [0.15, 0.2) is 23.9 Å². The summed E-state index contributed by atoms with van der Waals surface area (Å²) >= 11 is 0. The molecule has 0 saturated carbocycles. The molecule has 0 aliphatic carbocycles. The maximum Gasteiger partial charge on any atom is 0.258 e. The Hall–Kier alpha value is -3.42. The number of carbonyl (C=O) groups is 2. The molecule has 0 spiro atoms. The molecule has 0 unspecified atom stereocenters. The number of rotatable bonds is 8. The topological polar surface area (TPSA) is 128 Å². The van der Waals surface area contributed by atoms with E-state index in [1.54, 1.807) is 6.07 Å². The highest BCUT2D eigenvalue weighted by Gasteiger charge is 2.13. The normalized spacial score (nSPS) is 10.3. The number of nitrogens with one attached hydrogen (secondary N) is 2. The van der Waals surface area contributed by atoms with E-state index in [0.717, 1.165) is 24.1 Å². The van der Waals surface area contributed by atoms with E-state index in [2.05, 4.69) is 10.6 Å². The van der Waals surface area contributed by atoms with Crippen LogP contribution in [-0.4, -0.2) is 46.8 Å². The number of hydrogen-bond acceptors (Lipinski definition) is 6. The summed E-state index contributed by atoms with van der Waals surface area (Å²) in [5.74, 6) is -2.12. The van der Waals surface area contributed by atoms with Crippen molar-refractivity contribution < 1.29 is 29.6 Å². The lowest BCUT2D eigenvalue weighted by Crippen LogP contribution is -2.36. The molecule has 2 rings (SSSR count). The molecule has 0 saturated heterocycles. The van der Waals surface area contributed by atoms with E-state index in [1.807, 2.05) is 25.1 Å². The van der Waals surface area contributed by atoms with Crippen LogP contribution >= 0.6 is 0 Å². The van der Waals surface area contributed by atoms with Crippen LogP contribution in [0, 0.1) is 0 Å². The fourth-order valence-corrected chi connectivity index (χ4v) is 2.35. The second kappa shape index (κ2) is 9.33. The Kier molecular flexibility index (Phi) is 6.87. The quantitative estimate of drug-likeness (QED) is 0.350. The number of phenolic OH excluding ortho intramolecular Hbond substituents is 3. The Morgan fingerprint density at radius 2 is 1.63 bits per heavy atom. The number of benzene rings is 2. The zero-order chi connectivity index (χ0) is 19.8. The Bertz CT molecular complexity index is 799. The fraction of sp³-hybridized carbons (Fsp3) is 0.263. The summed E-state index contributed by atoms with van der Waals surface area (Å²) in [6.07, 6.45) is 0.798. The zero-order valence-corrected chi connectivity index (χ0v) is 14.9. The van der Waals surface area contributed by atoms with E-state index in [9.17, 15) is 24.9 Å². The lowest BCUT2D eigenvalue weighted by Gasteiger charge is -2.11. The molecule has 0 fully saturated rings. The van der Waals surface area contributed by atoms with Crippen LogP contribution in [0.1, 0.15) is 22.8 Å². The monoisotopic (exact) mass is 374 g/mol. The highest BCUT2D eigenvalue weighted by atomic mass is 16.5. The highest BCUT2D eigenvalue weighted by Crippen LogP contribution is 2.35. The second-order valence-electron chi connectivity index (χ2n) is 5.72. The third kappa shape index (κ3) is 5.53. The molecule has 0 bridgehead atoms. The minimum absolute atomic E-state index is 0.0198. The molecule has 2 amide bonds. The first-order valence-corrected chi connectivity index (χ1v) is 8.43. The lowest BCUT2D eigenvalue weighted by atomic mass is 10.1. The van der Waals surface area contributed by atoms with Crippen molar-refractivity contribution in [1.82, 2.24) is 10.6 Å². The number of amides is 2. The van der Waals surface area contributed by atoms with Crippen molar-refractivity contribution in [3.63, 3.8) is 0 Å². The number of aromatic hydroxyl groups is 3. The molecule has 2 aromatic rings. The summed E-state index contributed by atoms with van der Waals surface area (Å²) < 4.78 is 5.50. The van der Waals surface area contributed by atoms with Gasteiger partial charge in [-0.3, -0.25) is 9.59 Å². The second-order valence-corrected chi connectivity index (χ2v) is 5.72. The van der Waals surface area contributed by atoms with Gasteiger partial charge in [0.1, 0.15) is 5.75 Å². The van der Waals surface area contributed by atoms with Crippen LogP contribution in [0.4, 0.5) is 0 Å². The summed E-state index contributed by atoms with van der Waals surface area (Å²) in [5, 5.41) is 33.2. The Morgan fingerprint density at radius 1 is 1.00 bits per heavy atom. The molecule has 144 valence electrons. The Balaban J connectivity index is 1.73. The zero-order valence-electron chi connectivity index (χ0n) is 14.9. The molecule has 27 heavy (non-hydrogen) atoms. The van der Waals surface area contributed by atoms with Gasteiger partial charge in [0, 0.05) is 18.7 Å². The summed E-state index contributed by atoms with van der Waals surface area (Å²) in [6, 6.07) is 9.53. The largest absolute Gasteiger partial charge is 0.504 e. The van der Waals surface area contributed by atoms with Crippen molar-refractivity contribution in [2.24, 2.45) is 0 Å². The highest BCUT2D eigenvalue weighted by molar-refractivity contribution is 5.95. The average molecular weight is 374 g/mol. The molecule has 0 atom stereocenters. The van der Waals surface area contributed by atoms with E-state index in [-0.39, 0.29) is 31.2 Å². The van der Waals surface area contributed by atoms with Crippen LogP contribution in [0.15, 0.2) is 36.4 Å². The van der Waals surface area contributed by atoms with Crippen LogP contribution in [0.3, 0.4) is 0 Å². The molecule has 0 aromatic heterocycles. The molecular weight excluding hydrogens is 352 g/mol. The molecule has 0 radical (unpaired) electrons. The van der Waals surface area contributed by atoms with Crippen LogP contribution in [0.25, 0.3) is 0 Å². The van der Waals surface area contributed by atoms with Gasteiger partial charge in [-0.25, -0.2) is 0 Å². The first-order valence-electron chi connectivity index (χ1n) is 8.43. The van der Waals surface area contributed by atoms with Gasteiger partial charge in [-0.05, 0) is 30.2 Å². The molecule has 5 N–H and O–H groups in total. The summed E-state index contributed by atoms with van der Waals surface area (Å²) in [5.41, 5.74) is 0.992. The lowest BCUT2D eigenvalue weighted by molar-refractivity contribution is -0.123. The SMILES string of the molecule is CCc1ccccc1OCC(=O)NCCNC(=O)c1cc(O)c(O)c(O)c1. The number of hydrogen-bond donors (Lipinski definition) is 5. The first-order chi connectivity index (χ1) is 12.9. The minimum Gasteiger partial charge on any atom is -0.504 e. The van der Waals surface area contributed by atoms with Gasteiger partial charge in [-0.2, -0.15) is 0 Å². The average Bonchev–Trinajstić information content (AvgIpc) is 2.67. The first kappa shape index (κ1) is 19.9. The van der Waals surface area contributed by atoms with Crippen molar-refractivity contribution in [2.75, 3.05) is 19.7 Å². The smallest absolute Gasteiger partial charge is 0.258 e. The molecule has 8 nitrogen and oxygen atoms in total. The number of ether oxygens (including phenoxy) is 1. The third-order valence-electron chi connectivity index (χ3n) is 3.78. The predicted molar refractivity (Wildman–Crippen MR) is 98.1 cm³/mol. The van der Waals surface area contributed by atoms with Crippen molar-refractivity contribution in [3.05, 3.63) is 47.5 Å². The predicted octanol–water partition coefficient (Wildman–Crippen LogP) is 1.29. The van der Waals surface area contributed by atoms with Gasteiger partial charge >= 0.3 is 0 Å². The Labute approximate surface area is 156 Å². The fourth-order valence-electron chi connectivity index (χ4n) is 2.35. The van der Waals surface area contributed by atoms with Crippen LogP contribution < -0.4 is 15.4 Å². The number of aryl methyl sites for hydroxylation is 1. The molecule has 8 heteroatoms. The van der Waals surface area contributed by atoms with Crippen LogP contribution in [-0.2, 0) is 11.2 Å². The summed E-state index contributed by atoms with van der Waals surface area (Å²) in [4.78, 5) is 23.7. The molecule has 2 aromatic carbocycles. The van der Waals surface area contributed by atoms with Crippen molar-refractivity contribution in [2.45, 2.75) is 13.3 Å². The molecular formula is C19H22N2O6. The summed E-state index contributed by atoms with van der Waals surface area (Å²) in [6.45, 7) is 2.18. The van der Waals surface area contributed by atoms with Gasteiger partial charge in [-0.1, -0.05) is 25.1 Å². The van der Waals surface area contributed by atoms with E-state index >= 15 is 0 Å². The van der Waals surface area contributed by atoms with Crippen molar-refractivity contribution in [1.29, 1.82) is 0 Å². The third-order valence-corrected chi connectivity index (χ3v) is 3.78. The molecule has 0 heterocycles. The van der Waals surface area contributed by atoms with Crippen molar-refractivity contribution >= 4 is 11.8 Å². The van der Waals surface area contributed by atoms with E-state index in [1.165, 1.54) is 0 Å². The van der Waals surface area contributed by atoms with Crippen LogP contribution in [0.2, 0.25) is 0 Å². The number of para-hydroxylation sites is 1. The summed E-state index contributed by atoms with van der Waals surface area (Å²) in [7, 11) is 0. The van der Waals surface area contributed by atoms with Gasteiger partial charge in [0.2, 0.25) is 0 Å². The van der Waals surface area contributed by atoms with E-state index in [0.29, 0.717) is 5.75 Å². The van der Waals surface area contributed by atoms with Gasteiger partial charge in [-0.15, -0.1) is 0 Å². The minimum atomic E-state index is -0.691. The van der Waals surface area contributed by atoms with Gasteiger partial charge in [0.05, 0.1) is 0 Å². The van der Waals surface area contributed by atoms with Crippen LogP contribution in [0.5, 0.6) is 23.0 Å². The van der Waals surface area contributed by atoms with E-state index in [4.69, 9.17) is 4.74 Å². The number of phenols is 3. The number of carbonyl (C=O) groups excluding carboxylic acids is 2. The Morgan fingerprint density at radius 3 is 2.30 bits per heavy atom. The molecule has 0 aliphatic heterocycles. The molecule has 0 aliphatic rings. The maximum atomic E-state index is 11.9. The van der Waals surface area contributed by atoms with Crippen molar-refractivity contribution in [3.8, 4) is 23.0 Å². The van der Waals surface area contributed by atoms with Gasteiger partial charge in [0.25, 0.3) is 11.8 Å².